The lowest BCUT2D eigenvalue weighted by molar-refractivity contribution is -0.157. The molecule has 0 aliphatic carbocycles. The number of carbonyl (C=O) groups is 2. The lowest BCUT2D eigenvalue weighted by atomic mass is 10.1. The summed E-state index contributed by atoms with van der Waals surface area (Å²) in [4.78, 5) is 29.1. The van der Waals surface area contributed by atoms with Gasteiger partial charge in [-0.25, -0.2) is 0 Å². The Kier molecular flexibility index (Phi) is 7.07. The fourth-order valence-corrected chi connectivity index (χ4v) is 2.40. The van der Waals surface area contributed by atoms with Crippen molar-refractivity contribution in [3.05, 3.63) is 59.9 Å². The minimum atomic E-state index is -0.707. The van der Waals surface area contributed by atoms with Crippen LogP contribution in [0.5, 0.6) is 5.75 Å². The lowest BCUT2D eigenvalue weighted by Gasteiger charge is -2.24. The normalized spacial score (nSPS) is 12.3. The van der Waals surface area contributed by atoms with Crippen LogP contribution in [0, 0.1) is 6.92 Å². The molecule has 0 radical (unpaired) electrons. The molecule has 27 heavy (non-hydrogen) atoms. The van der Waals surface area contributed by atoms with Crippen LogP contribution in [-0.4, -0.2) is 35.1 Å². The molecule has 1 aromatic heterocycles. The first-order chi connectivity index (χ1) is 12.7. The Bertz CT molecular complexity index is 769. The zero-order valence-electron chi connectivity index (χ0n) is 16.2. The van der Waals surface area contributed by atoms with E-state index in [9.17, 15) is 9.59 Å². The molecule has 0 fully saturated rings. The molecule has 0 amide bonds. The zero-order chi connectivity index (χ0) is 19.9. The van der Waals surface area contributed by atoms with Crippen molar-refractivity contribution >= 4 is 11.9 Å². The number of nitrogens with one attached hydrogen (secondary N) is 1. The number of ether oxygens (including phenoxy) is 2. The van der Waals surface area contributed by atoms with E-state index in [0.29, 0.717) is 12.2 Å². The average Bonchev–Trinajstić information content (AvgIpc) is 2.58. The number of pyridine rings is 1. The molecule has 144 valence electrons. The first-order valence-corrected chi connectivity index (χ1v) is 8.87. The van der Waals surface area contributed by atoms with E-state index in [-0.39, 0.29) is 6.54 Å². The molecule has 1 heterocycles. The standard InChI is InChI=1S/C21H26N2O4/c1-15-9-8-10-16(23-15)13-18(20(25)27-21(2,3)4)22-14-19(24)26-17-11-6-5-7-12-17/h5-12,18,22H,13-14H2,1-4H3. The van der Waals surface area contributed by atoms with Gasteiger partial charge >= 0.3 is 11.9 Å². The van der Waals surface area contributed by atoms with Crippen LogP contribution >= 0.6 is 0 Å². The fourth-order valence-electron chi connectivity index (χ4n) is 2.40. The third-order valence-corrected chi connectivity index (χ3v) is 3.52. The van der Waals surface area contributed by atoms with Gasteiger partial charge in [-0.05, 0) is 52.0 Å². The van der Waals surface area contributed by atoms with Crippen molar-refractivity contribution in [2.24, 2.45) is 0 Å². The zero-order valence-corrected chi connectivity index (χ0v) is 16.2. The number of aromatic nitrogens is 1. The van der Waals surface area contributed by atoms with Crippen LogP contribution in [0.25, 0.3) is 0 Å². The maximum absolute atomic E-state index is 12.6. The Balaban J connectivity index is 2.02. The van der Waals surface area contributed by atoms with Gasteiger partial charge in [0, 0.05) is 17.8 Å². The van der Waals surface area contributed by atoms with Crippen LogP contribution in [0.3, 0.4) is 0 Å². The molecule has 2 rings (SSSR count). The number of carbonyl (C=O) groups excluding carboxylic acids is 2. The number of benzene rings is 1. The third-order valence-electron chi connectivity index (χ3n) is 3.52. The first kappa shape index (κ1) is 20.6. The number of para-hydroxylation sites is 1. The minimum Gasteiger partial charge on any atom is -0.459 e. The number of aryl methyl sites for hydroxylation is 1. The van der Waals surface area contributed by atoms with E-state index in [4.69, 9.17) is 9.47 Å². The summed E-state index contributed by atoms with van der Waals surface area (Å²) in [5.41, 5.74) is 0.982. The SMILES string of the molecule is Cc1cccc(CC(NCC(=O)Oc2ccccc2)C(=O)OC(C)(C)C)n1. The molecule has 0 bridgehead atoms. The van der Waals surface area contributed by atoms with Gasteiger partial charge in [-0.2, -0.15) is 0 Å². The van der Waals surface area contributed by atoms with E-state index in [0.717, 1.165) is 11.4 Å². The quantitative estimate of drug-likeness (QED) is 0.596. The third kappa shape index (κ3) is 7.58. The van der Waals surface area contributed by atoms with Gasteiger partial charge in [0.25, 0.3) is 0 Å². The Labute approximate surface area is 159 Å². The van der Waals surface area contributed by atoms with E-state index >= 15 is 0 Å². The van der Waals surface area contributed by atoms with Crippen LogP contribution in [-0.2, 0) is 20.7 Å². The Hall–Kier alpha value is -2.73. The van der Waals surface area contributed by atoms with Crippen molar-refractivity contribution in [2.75, 3.05) is 6.54 Å². The molecule has 0 saturated heterocycles. The molecule has 0 aliphatic rings. The topological polar surface area (TPSA) is 77.5 Å². The predicted molar refractivity (Wildman–Crippen MR) is 102 cm³/mol. The van der Waals surface area contributed by atoms with Gasteiger partial charge in [0.15, 0.2) is 0 Å². The van der Waals surface area contributed by atoms with Gasteiger partial charge in [-0.1, -0.05) is 24.3 Å². The summed E-state index contributed by atoms with van der Waals surface area (Å²) in [5, 5.41) is 2.94. The van der Waals surface area contributed by atoms with Crippen LogP contribution in [0.15, 0.2) is 48.5 Å². The molecule has 0 spiro atoms. The van der Waals surface area contributed by atoms with E-state index in [2.05, 4.69) is 10.3 Å². The maximum atomic E-state index is 12.6. The summed E-state index contributed by atoms with van der Waals surface area (Å²) in [6.07, 6.45) is 0.315. The highest BCUT2D eigenvalue weighted by Gasteiger charge is 2.26. The number of nitrogens with zero attached hydrogens (tertiary/aromatic N) is 1. The van der Waals surface area contributed by atoms with Gasteiger partial charge < -0.3 is 9.47 Å². The lowest BCUT2D eigenvalue weighted by Crippen LogP contribution is -2.45. The molecule has 0 aliphatic heterocycles. The van der Waals surface area contributed by atoms with Crippen LogP contribution in [0.2, 0.25) is 0 Å². The van der Waals surface area contributed by atoms with Gasteiger partial charge in [-0.3, -0.25) is 19.9 Å². The summed E-state index contributed by atoms with van der Waals surface area (Å²) in [7, 11) is 0. The van der Waals surface area contributed by atoms with Gasteiger partial charge in [0.2, 0.25) is 0 Å². The molecule has 1 aromatic carbocycles. The second-order valence-electron chi connectivity index (χ2n) is 7.23. The molecule has 0 saturated carbocycles. The van der Waals surface area contributed by atoms with Crippen molar-refractivity contribution in [1.29, 1.82) is 0 Å². The average molecular weight is 370 g/mol. The van der Waals surface area contributed by atoms with Crippen LogP contribution < -0.4 is 10.1 Å². The predicted octanol–water partition coefficient (Wildman–Crippen LogP) is 2.84. The van der Waals surface area contributed by atoms with Gasteiger partial charge in [0.1, 0.15) is 17.4 Å². The molecule has 1 atom stereocenters. The van der Waals surface area contributed by atoms with E-state index < -0.39 is 23.6 Å². The minimum absolute atomic E-state index is 0.120. The van der Waals surface area contributed by atoms with Crippen molar-refractivity contribution in [3.8, 4) is 5.75 Å². The fraction of sp³-hybridized carbons (Fsp3) is 0.381. The van der Waals surface area contributed by atoms with Crippen molar-refractivity contribution in [3.63, 3.8) is 0 Å². The summed E-state index contributed by atoms with van der Waals surface area (Å²) >= 11 is 0. The highest BCUT2D eigenvalue weighted by Crippen LogP contribution is 2.12. The number of rotatable bonds is 7. The molecular weight excluding hydrogens is 344 g/mol. The molecule has 1 N–H and O–H groups in total. The Morgan fingerprint density at radius 1 is 1.07 bits per heavy atom. The highest BCUT2D eigenvalue weighted by atomic mass is 16.6. The molecule has 6 nitrogen and oxygen atoms in total. The Morgan fingerprint density at radius 2 is 1.78 bits per heavy atom. The van der Waals surface area contributed by atoms with Crippen molar-refractivity contribution in [1.82, 2.24) is 10.3 Å². The number of hydrogen-bond acceptors (Lipinski definition) is 6. The molecular formula is C21H26N2O4. The maximum Gasteiger partial charge on any atom is 0.325 e. The van der Waals surface area contributed by atoms with Gasteiger partial charge in [-0.15, -0.1) is 0 Å². The van der Waals surface area contributed by atoms with E-state index in [1.165, 1.54) is 0 Å². The number of hydrogen-bond donors (Lipinski definition) is 1. The summed E-state index contributed by atoms with van der Waals surface area (Å²) < 4.78 is 10.7. The first-order valence-electron chi connectivity index (χ1n) is 8.87. The Morgan fingerprint density at radius 3 is 2.41 bits per heavy atom. The number of esters is 2. The smallest absolute Gasteiger partial charge is 0.325 e. The van der Waals surface area contributed by atoms with E-state index in [1.54, 1.807) is 45.0 Å². The largest absolute Gasteiger partial charge is 0.459 e. The molecule has 6 heteroatoms. The summed E-state index contributed by atoms with van der Waals surface area (Å²) in [6, 6.07) is 13.7. The summed E-state index contributed by atoms with van der Waals surface area (Å²) in [6.45, 7) is 7.17. The second-order valence-corrected chi connectivity index (χ2v) is 7.23. The second kappa shape index (κ2) is 9.28. The van der Waals surface area contributed by atoms with Crippen LogP contribution in [0.4, 0.5) is 0 Å². The van der Waals surface area contributed by atoms with E-state index in [1.807, 2.05) is 31.2 Å². The molecule has 2 aromatic rings. The summed E-state index contributed by atoms with van der Waals surface area (Å²) in [5.74, 6) is -0.455. The van der Waals surface area contributed by atoms with Crippen LogP contribution in [0.1, 0.15) is 32.2 Å². The highest BCUT2D eigenvalue weighted by molar-refractivity contribution is 5.79. The molecule has 1 unspecified atom stereocenters. The monoisotopic (exact) mass is 370 g/mol. The van der Waals surface area contributed by atoms with Crippen molar-refractivity contribution in [2.45, 2.75) is 45.8 Å². The van der Waals surface area contributed by atoms with Gasteiger partial charge in [0.05, 0.1) is 6.54 Å². The van der Waals surface area contributed by atoms with Crippen molar-refractivity contribution < 1.29 is 19.1 Å².